The molecule has 1 unspecified atom stereocenters. The van der Waals surface area contributed by atoms with Gasteiger partial charge in [-0.25, -0.2) is 4.79 Å². The fourth-order valence-corrected chi connectivity index (χ4v) is 2.22. The molecule has 0 aliphatic rings. The first kappa shape index (κ1) is 15.4. The minimum Gasteiger partial charge on any atom is -0.464 e. The topological polar surface area (TPSA) is 56.1 Å². The maximum absolute atomic E-state index is 12.2. The highest BCUT2D eigenvalue weighted by Crippen LogP contribution is 2.25. The monoisotopic (exact) mass is 307 g/mol. The van der Waals surface area contributed by atoms with E-state index in [2.05, 4.69) is 10.4 Å². The van der Waals surface area contributed by atoms with Crippen LogP contribution >= 0.6 is 11.6 Å². The van der Waals surface area contributed by atoms with Crippen LogP contribution in [0.3, 0.4) is 0 Å². The Morgan fingerprint density at radius 1 is 1.52 bits per heavy atom. The second kappa shape index (κ2) is 6.63. The minimum atomic E-state index is -0.614. The van der Waals surface area contributed by atoms with Crippen molar-refractivity contribution in [2.45, 2.75) is 19.9 Å². The molecule has 1 atom stereocenters. The Labute approximate surface area is 128 Å². The van der Waals surface area contributed by atoms with Crippen LogP contribution in [-0.2, 0) is 16.6 Å². The molecule has 0 spiro atoms. The lowest BCUT2D eigenvalue weighted by molar-refractivity contribution is -0.144. The Kier molecular flexibility index (Phi) is 4.85. The van der Waals surface area contributed by atoms with Gasteiger partial charge in [-0.3, -0.25) is 4.68 Å². The highest BCUT2D eigenvalue weighted by atomic mass is 35.5. The molecule has 1 N–H and O–H groups in total. The quantitative estimate of drug-likeness (QED) is 0.862. The van der Waals surface area contributed by atoms with Crippen LogP contribution in [-0.4, -0.2) is 22.4 Å². The lowest BCUT2D eigenvalue weighted by Gasteiger charge is -2.18. The zero-order valence-corrected chi connectivity index (χ0v) is 13.0. The summed E-state index contributed by atoms with van der Waals surface area (Å²) in [4.78, 5) is 12.2. The van der Waals surface area contributed by atoms with E-state index in [0.717, 1.165) is 16.9 Å². The Balaban J connectivity index is 2.32. The summed E-state index contributed by atoms with van der Waals surface area (Å²) in [6.45, 7) is 4.02. The summed E-state index contributed by atoms with van der Waals surface area (Å²) in [7, 11) is 1.83. The van der Waals surface area contributed by atoms with E-state index >= 15 is 0 Å². The molecule has 2 rings (SSSR count). The number of nitrogens with zero attached hydrogens (tertiary/aromatic N) is 2. The van der Waals surface area contributed by atoms with E-state index in [0.29, 0.717) is 11.6 Å². The minimum absolute atomic E-state index is 0.325. The van der Waals surface area contributed by atoms with Crippen LogP contribution in [0.25, 0.3) is 0 Å². The van der Waals surface area contributed by atoms with Crippen molar-refractivity contribution in [3.8, 4) is 0 Å². The molecule has 0 aliphatic heterocycles. The van der Waals surface area contributed by atoms with Crippen molar-refractivity contribution in [2.75, 3.05) is 11.9 Å². The van der Waals surface area contributed by atoms with E-state index in [1.165, 1.54) is 0 Å². The largest absolute Gasteiger partial charge is 0.464 e. The Hall–Kier alpha value is -2.01. The second-order valence-electron chi connectivity index (χ2n) is 4.65. The number of hydrogen-bond donors (Lipinski definition) is 1. The third-order valence-electron chi connectivity index (χ3n) is 3.24. The van der Waals surface area contributed by atoms with E-state index in [4.69, 9.17) is 16.3 Å². The van der Waals surface area contributed by atoms with Gasteiger partial charge in [-0.1, -0.05) is 17.7 Å². The van der Waals surface area contributed by atoms with Gasteiger partial charge >= 0.3 is 5.97 Å². The lowest BCUT2D eigenvalue weighted by Crippen LogP contribution is -2.24. The van der Waals surface area contributed by atoms with Crippen molar-refractivity contribution < 1.29 is 9.53 Å². The van der Waals surface area contributed by atoms with Gasteiger partial charge in [0.1, 0.15) is 0 Å². The molecule has 0 bridgehead atoms. The summed E-state index contributed by atoms with van der Waals surface area (Å²) >= 11 is 5.98. The van der Waals surface area contributed by atoms with Gasteiger partial charge in [0.2, 0.25) is 0 Å². The van der Waals surface area contributed by atoms with Crippen LogP contribution in [0.2, 0.25) is 5.02 Å². The number of carbonyl (C=O) groups is 1. The van der Waals surface area contributed by atoms with E-state index in [1.54, 1.807) is 29.9 Å². The SMILES string of the molecule is CCOC(=O)C(Nc1cccc(Cl)c1)c1cnn(C)c1C. The zero-order valence-electron chi connectivity index (χ0n) is 12.3. The van der Waals surface area contributed by atoms with E-state index < -0.39 is 6.04 Å². The van der Waals surface area contributed by atoms with Gasteiger partial charge in [0, 0.05) is 29.0 Å². The maximum Gasteiger partial charge on any atom is 0.333 e. The normalized spacial score (nSPS) is 12.0. The van der Waals surface area contributed by atoms with Crippen molar-refractivity contribution >= 4 is 23.3 Å². The average Bonchev–Trinajstić information content (AvgIpc) is 2.77. The molecule has 0 saturated carbocycles. The summed E-state index contributed by atoms with van der Waals surface area (Å²) < 4.78 is 6.88. The summed E-state index contributed by atoms with van der Waals surface area (Å²) in [5, 5.41) is 7.95. The Morgan fingerprint density at radius 2 is 2.29 bits per heavy atom. The summed E-state index contributed by atoms with van der Waals surface area (Å²) in [5.74, 6) is -0.339. The van der Waals surface area contributed by atoms with Crippen molar-refractivity contribution in [3.05, 3.63) is 46.7 Å². The van der Waals surface area contributed by atoms with Crippen LogP contribution in [0.15, 0.2) is 30.5 Å². The van der Waals surface area contributed by atoms with Crippen LogP contribution < -0.4 is 5.32 Å². The van der Waals surface area contributed by atoms with Crippen molar-refractivity contribution in [2.24, 2.45) is 7.05 Å². The summed E-state index contributed by atoms with van der Waals surface area (Å²) in [5.41, 5.74) is 2.45. The standard InChI is InChI=1S/C15H18ClN3O2/c1-4-21-15(20)14(13-9-17-19(3)10(13)2)18-12-7-5-6-11(16)8-12/h5-9,14,18H,4H2,1-3H3. The third-order valence-corrected chi connectivity index (χ3v) is 3.48. The molecule has 112 valence electrons. The van der Waals surface area contributed by atoms with E-state index in [-0.39, 0.29) is 5.97 Å². The fourth-order valence-electron chi connectivity index (χ4n) is 2.03. The molecule has 1 aromatic carbocycles. The number of hydrogen-bond acceptors (Lipinski definition) is 4. The number of rotatable bonds is 5. The number of nitrogens with one attached hydrogen (secondary N) is 1. The number of ether oxygens (including phenoxy) is 1. The van der Waals surface area contributed by atoms with Gasteiger partial charge in [-0.15, -0.1) is 0 Å². The number of aryl methyl sites for hydroxylation is 1. The van der Waals surface area contributed by atoms with Crippen LogP contribution in [0.5, 0.6) is 0 Å². The zero-order chi connectivity index (χ0) is 15.4. The van der Waals surface area contributed by atoms with E-state index in [1.807, 2.05) is 26.1 Å². The second-order valence-corrected chi connectivity index (χ2v) is 5.09. The molecular formula is C15H18ClN3O2. The number of anilines is 1. The smallest absolute Gasteiger partial charge is 0.333 e. The molecule has 1 aromatic heterocycles. The summed E-state index contributed by atoms with van der Waals surface area (Å²) in [6, 6.07) is 6.60. The van der Waals surface area contributed by atoms with E-state index in [9.17, 15) is 4.79 Å². The fraction of sp³-hybridized carbons (Fsp3) is 0.333. The Bertz CT molecular complexity index is 640. The van der Waals surface area contributed by atoms with Crippen LogP contribution in [0.1, 0.15) is 24.2 Å². The van der Waals surface area contributed by atoms with Crippen molar-refractivity contribution in [1.82, 2.24) is 9.78 Å². The van der Waals surface area contributed by atoms with Gasteiger partial charge < -0.3 is 10.1 Å². The van der Waals surface area contributed by atoms with Crippen molar-refractivity contribution in [1.29, 1.82) is 0 Å². The van der Waals surface area contributed by atoms with Gasteiger partial charge in [0.25, 0.3) is 0 Å². The number of esters is 1. The first-order valence-corrected chi connectivity index (χ1v) is 7.08. The highest BCUT2D eigenvalue weighted by Gasteiger charge is 2.25. The van der Waals surface area contributed by atoms with Gasteiger partial charge in [-0.2, -0.15) is 5.10 Å². The molecule has 21 heavy (non-hydrogen) atoms. The molecule has 1 heterocycles. The number of carbonyl (C=O) groups excluding carboxylic acids is 1. The first-order valence-electron chi connectivity index (χ1n) is 6.70. The van der Waals surface area contributed by atoms with Crippen molar-refractivity contribution in [3.63, 3.8) is 0 Å². The number of aromatic nitrogens is 2. The van der Waals surface area contributed by atoms with Crippen LogP contribution in [0, 0.1) is 6.92 Å². The highest BCUT2D eigenvalue weighted by molar-refractivity contribution is 6.30. The molecule has 0 amide bonds. The van der Waals surface area contributed by atoms with Gasteiger partial charge in [-0.05, 0) is 32.0 Å². The van der Waals surface area contributed by atoms with Gasteiger partial charge in [0.05, 0.1) is 12.8 Å². The first-order chi connectivity index (χ1) is 10.0. The Morgan fingerprint density at radius 3 is 2.86 bits per heavy atom. The predicted octanol–water partition coefficient (Wildman–Crippen LogP) is 3.10. The van der Waals surface area contributed by atoms with Gasteiger partial charge in [0.15, 0.2) is 6.04 Å². The molecule has 6 heteroatoms. The molecule has 2 aromatic rings. The summed E-state index contributed by atoms with van der Waals surface area (Å²) in [6.07, 6.45) is 1.68. The molecule has 0 aliphatic carbocycles. The molecule has 5 nitrogen and oxygen atoms in total. The number of benzene rings is 1. The maximum atomic E-state index is 12.2. The average molecular weight is 308 g/mol. The number of halogens is 1. The molecule has 0 fully saturated rings. The van der Waals surface area contributed by atoms with Crippen LogP contribution in [0.4, 0.5) is 5.69 Å². The molecule has 0 saturated heterocycles. The lowest BCUT2D eigenvalue weighted by atomic mass is 10.1. The third kappa shape index (κ3) is 3.55. The molecular weight excluding hydrogens is 290 g/mol. The predicted molar refractivity (Wildman–Crippen MR) is 82.4 cm³/mol. The molecule has 0 radical (unpaired) electrons.